The molecule has 2 heterocycles. The van der Waals surface area contributed by atoms with Crippen LogP contribution in [-0.2, 0) is 31.8 Å². The molecule has 108 valence electrons. The van der Waals surface area contributed by atoms with Crippen LogP contribution in [0.5, 0.6) is 0 Å². The molecule has 1 aromatic rings. The Labute approximate surface area is 121 Å². The summed E-state index contributed by atoms with van der Waals surface area (Å²) in [6.45, 7) is 1.56. The Balaban J connectivity index is 1.79. The number of ether oxygens (including phenoxy) is 1. The Morgan fingerprint density at radius 1 is 1.30 bits per heavy atom. The molecule has 1 saturated heterocycles. The molecule has 2 aliphatic heterocycles. The van der Waals surface area contributed by atoms with Crippen LogP contribution in [0, 0.1) is 5.92 Å². The van der Waals surface area contributed by atoms with Crippen LogP contribution in [0.3, 0.4) is 0 Å². The fourth-order valence-electron chi connectivity index (χ4n) is 2.75. The molecule has 7 heteroatoms. The first-order valence-electron chi connectivity index (χ1n) is 6.34. The normalized spacial score (nSPS) is 22.4. The lowest BCUT2D eigenvalue weighted by atomic mass is 10.1. The third-order valence-electron chi connectivity index (χ3n) is 3.66. The van der Waals surface area contributed by atoms with Crippen LogP contribution in [0.1, 0.15) is 17.5 Å². The zero-order chi connectivity index (χ0) is 14.3. The molecule has 3 rings (SSSR count). The number of hydrogen-bond acceptors (Lipinski definition) is 4. The van der Waals surface area contributed by atoms with Gasteiger partial charge in [0.1, 0.15) is 0 Å². The summed E-state index contributed by atoms with van der Waals surface area (Å²) in [7, 11) is 1.68. The molecule has 1 aromatic carbocycles. The Morgan fingerprint density at radius 2 is 2.05 bits per heavy atom. The van der Waals surface area contributed by atoms with E-state index in [1.54, 1.807) is 4.90 Å². The van der Waals surface area contributed by atoms with Crippen molar-refractivity contribution in [1.29, 1.82) is 0 Å². The van der Waals surface area contributed by atoms with Crippen LogP contribution in [0.2, 0.25) is 0 Å². The van der Waals surface area contributed by atoms with Crippen molar-refractivity contribution in [2.24, 2.45) is 5.92 Å². The van der Waals surface area contributed by atoms with Gasteiger partial charge in [-0.05, 0) is 23.3 Å². The monoisotopic (exact) mass is 315 g/mol. The average molecular weight is 316 g/mol. The molecule has 1 unspecified atom stereocenters. The van der Waals surface area contributed by atoms with Crippen LogP contribution >= 0.6 is 10.7 Å². The standard InChI is InChI=1S/C13H14ClNO4S/c14-20(17,18)8-9-3-13(16)15(5-9)12-2-1-10-6-19-7-11(10)4-12/h1-2,4,9H,3,5-8H2. The van der Waals surface area contributed by atoms with Crippen LogP contribution in [0.25, 0.3) is 0 Å². The predicted octanol–water partition coefficient (Wildman–Crippen LogP) is 1.64. The number of amides is 1. The highest BCUT2D eigenvalue weighted by Crippen LogP contribution is 2.30. The van der Waals surface area contributed by atoms with Gasteiger partial charge in [-0.25, -0.2) is 8.42 Å². The molecule has 0 spiro atoms. The quantitative estimate of drug-likeness (QED) is 0.795. The highest BCUT2D eigenvalue weighted by molar-refractivity contribution is 8.13. The molecular formula is C13H14ClNO4S. The van der Waals surface area contributed by atoms with Gasteiger partial charge in [-0.3, -0.25) is 4.79 Å². The number of hydrogen-bond donors (Lipinski definition) is 0. The van der Waals surface area contributed by atoms with Crippen LogP contribution < -0.4 is 4.90 Å². The van der Waals surface area contributed by atoms with Crippen molar-refractivity contribution in [1.82, 2.24) is 0 Å². The van der Waals surface area contributed by atoms with Gasteiger partial charge in [0.05, 0.1) is 19.0 Å². The van der Waals surface area contributed by atoms with Gasteiger partial charge in [0, 0.05) is 35.3 Å². The molecule has 1 amide bonds. The van der Waals surface area contributed by atoms with E-state index in [4.69, 9.17) is 15.4 Å². The van der Waals surface area contributed by atoms with E-state index in [0.29, 0.717) is 19.8 Å². The molecule has 1 fully saturated rings. The summed E-state index contributed by atoms with van der Waals surface area (Å²) in [5.74, 6) is -0.464. The highest BCUT2D eigenvalue weighted by atomic mass is 35.7. The molecule has 0 aromatic heterocycles. The lowest BCUT2D eigenvalue weighted by Gasteiger charge is -2.17. The van der Waals surface area contributed by atoms with Crippen molar-refractivity contribution in [3.05, 3.63) is 29.3 Å². The number of rotatable bonds is 3. The lowest BCUT2D eigenvalue weighted by Crippen LogP contribution is -2.25. The highest BCUT2D eigenvalue weighted by Gasteiger charge is 2.33. The first-order chi connectivity index (χ1) is 9.42. The Bertz CT molecular complexity index is 658. The first kappa shape index (κ1) is 13.9. The van der Waals surface area contributed by atoms with Gasteiger partial charge in [0.15, 0.2) is 0 Å². The van der Waals surface area contributed by atoms with E-state index in [9.17, 15) is 13.2 Å². The van der Waals surface area contributed by atoms with Gasteiger partial charge in [-0.2, -0.15) is 0 Å². The van der Waals surface area contributed by atoms with Crippen LogP contribution in [-0.4, -0.2) is 26.6 Å². The Hall–Kier alpha value is -1.11. The van der Waals surface area contributed by atoms with Gasteiger partial charge in [-0.15, -0.1) is 0 Å². The van der Waals surface area contributed by atoms with Crippen molar-refractivity contribution < 1.29 is 17.9 Å². The molecule has 5 nitrogen and oxygen atoms in total. The summed E-state index contributed by atoms with van der Waals surface area (Å²) >= 11 is 0. The van der Waals surface area contributed by atoms with E-state index >= 15 is 0 Å². The third kappa shape index (κ3) is 2.82. The van der Waals surface area contributed by atoms with Gasteiger partial charge in [0.2, 0.25) is 15.0 Å². The summed E-state index contributed by atoms with van der Waals surface area (Å²) in [5, 5.41) is 0. The third-order valence-corrected chi connectivity index (χ3v) is 4.90. The van der Waals surface area contributed by atoms with Gasteiger partial charge >= 0.3 is 0 Å². The second kappa shape index (κ2) is 5.02. The summed E-state index contributed by atoms with van der Waals surface area (Å²) in [6, 6.07) is 5.78. The van der Waals surface area contributed by atoms with Crippen LogP contribution in [0.15, 0.2) is 18.2 Å². The van der Waals surface area contributed by atoms with Gasteiger partial charge < -0.3 is 9.64 Å². The van der Waals surface area contributed by atoms with Gasteiger partial charge in [-0.1, -0.05) is 6.07 Å². The van der Waals surface area contributed by atoms with Crippen molar-refractivity contribution >= 4 is 31.3 Å². The second-order valence-electron chi connectivity index (χ2n) is 5.23. The van der Waals surface area contributed by atoms with E-state index in [-0.39, 0.29) is 24.0 Å². The molecule has 20 heavy (non-hydrogen) atoms. The average Bonchev–Trinajstić information content (AvgIpc) is 2.92. The van der Waals surface area contributed by atoms with Crippen LogP contribution in [0.4, 0.5) is 5.69 Å². The maximum Gasteiger partial charge on any atom is 0.232 e. The first-order valence-corrected chi connectivity index (χ1v) is 8.82. The molecule has 1 atom stereocenters. The molecule has 0 bridgehead atoms. The molecule has 0 N–H and O–H groups in total. The summed E-state index contributed by atoms with van der Waals surface area (Å²) < 4.78 is 27.6. The van der Waals surface area contributed by atoms with Crippen molar-refractivity contribution in [3.8, 4) is 0 Å². The molecule has 0 aliphatic carbocycles. The summed E-state index contributed by atoms with van der Waals surface area (Å²) in [5.41, 5.74) is 3.03. The Morgan fingerprint density at radius 3 is 2.80 bits per heavy atom. The van der Waals surface area contributed by atoms with E-state index in [1.165, 1.54) is 0 Å². The minimum absolute atomic E-state index is 0.0609. The number of fused-ring (bicyclic) bond motifs is 1. The number of benzene rings is 1. The minimum Gasteiger partial charge on any atom is -0.372 e. The van der Waals surface area contributed by atoms with E-state index in [0.717, 1.165) is 16.8 Å². The summed E-state index contributed by atoms with van der Waals surface area (Å²) in [4.78, 5) is 13.7. The molecule has 0 radical (unpaired) electrons. The topological polar surface area (TPSA) is 63.7 Å². The molecule has 2 aliphatic rings. The van der Waals surface area contributed by atoms with Crippen molar-refractivity contribution in [2.45, 2.75) is 19.6 Å². The maximum absolute atomic E-state index is 12.0. The second-order valence-corrected chi connectivity index (χ2v) is 8.05. The zero-order valence-electron chi connectivity index (χ0n) is 10.7. The number of nitrogens with zero attached hydrogens (tertiary/aromatic N) is 1. The largest absolute Gasteiger partial charge is 0.372 e. The molecule has 0 saturated carbocycles. The van der Waals surface area contributed by atoms with E-state index in [1.807, 2.05) is 18.2 Å². The predicted molar refractivity (Wildman–Crippen MR) is 75.0 cm³/mol. The number of carbonyl (C=O) groups excluding carboxylic acids is 1. The smallest absolute Gasteiger partial charge is 0.232 e. The zero-order valence-corrected chi connectivity index (χ0v) is 12.3. The number of halogens is 1. The molecular weight excluding hydrogens is 302 g/mol. The Kier molecular flexibility index (Phi) is 3.48. The van der Waals surface area contributed by atoms with Gasteiger partial charge in [0.25, 0.3) is 0 Å². The fraction of sp³-hybridized carbons (Fsp3) is 0.462. The maximum atomic E-state index is 12.0. The van der Waals surface area contributed by atoms with Crippen molar-refractivity contribution in [3.63, 3.8) is 0 Å². The lowest BCUT2D eigenvalue weighted by molar-refractivity contribution is -0.117. The van der Waals surface area contributed by atoms with E-state index < -0.39 is 9.05 Å². The SMILES string of the molecule is O=C1CC(CS(=O)(=O)Cl)CN1c1ccc2c(c1)COC2. The van der Waals surface area contributed by atoms with E-state index in [2.05, 4.69) is 0 Å². The minimum atomic E-state index is -3.57. The number of anilines is 1. The summed E-state index contributed by atoms with van der Waals surface area (Å²) in [6.07, 6.45) is 0.222. The van der Waals surface area contributed by atoms with Crippen molar-refractivity contribution in [2.75, 3.05) is 17.2 Å². The fourth-order valence-corrected chi connectivity index (χ4v) is 4.07. The number of carbonyl (C=O) groups is 1.